The fourth-order valence-electron chi connectivity index (χ4n) is 3.04. The molecule has 0 saturated carbocycles. The van der Waals surface area contributed by atoms with Crippen LogP contribution >= 0.6 is 0 Å². The van der Waals surface area contributed by atoms with Crippen molar-refractivity contribution in [2.45, 2.75) is 19.8 Å². The second-order valence-electron chi connectivity index (χ2n) is 6.56. The molecule has 2 heterocycles. The minimum absolute atomic E-state index is 0.139. The molecule has 0 aliphatic rings. The van der Waals surface area contributed by atoms with Crippen LogP contribution in [0, 0.1) is 12.7 Å². The van der Waals surface area contributed by atoms with E-state index < -0.39 is 5.82 Å². The molecule has 0 bridgehead atoms. The predicted octanol–water partition coefficient (Wildman–Crippen LogP) is 3.48. The van der Waals surface area contributed by atoms with Gasteiger partial charge in [0.1, 0.15) is 5.82 Å². The van der Waals surface area contributed by atoms with Crippen LogP contribution in [0.5, 0.6) is 0 Å². The maximum atomic E-state index is 13.2. The van der Waals surface area contributed by atoms with E-state index in [1.165, 1.54) is 18.2 Å². The van der Waals surface area contributed by atoms with E-state index in [9.17, 15) is 14.0 Å². The SMILES string of the molecule is Cc1c[nH]c(=O)n1-c1ccc(-c2noc(CCC(=O)c3cccc(F)c3)n2)cc1. The third-order valence-corrected chi connectivity index (χ3v) is 4.52. The Morgan fingerprint density at radius 3 is 2.69 bits per heavy atom. The molecule has 0 atom stereocenters. The number of ketones is 1. The molecule has 4 rings (SSSR count). The van der Waals surface area contributed by atoms with E-state index in [2.05, 4.69) is 15.1 Å². The van der Waals surface area contributed by atoms with Gasteiger partial charge in [0.2, 0.25) is 11.7 Å². The van der Waals surface area contributed by atoms with Gasteiger partial charge < -0.3 is 9.51 Å². The summed E-state index contributed by atoms with van der Waals surface area (Å²) < 4.78 is 20.0. The summed E-state index contributed by atoms with van der Waals surface area (Å²) in [6, 6.07) is 12.7. The third kappa shape index (κ3) is 3.91. The Kier molecular flexibility index (Phi) is 4.90. The lowest BCUT2D eigenvalue weighted by Crippen LogP contribution is -2.15. The highest BCUT2D eigenvalue weighted by Gasteiger charge is 2.13. The average Bonchev–Trinajstić information content (AvgIpc) is 3.33. The number of nitrogens with zero attached hydrogens (tertiary/aromatic N) is 3. The average molecular weight is 392 g/mol. The number of benzene rings is 2. The fraction of sp³-hybridized carbons (Fsp3) is 0.143. The number of aromatic nitrogens is 4. The molecule has 0 fully saturated rings. The monoisotopic (exact) mass is 392 g/mol. The lowest BCUT2D eigenvalue weighted by molar-refractivity contribution is 0.0979. The van der Waals surface area contributed by atoms with Crippen LogP contribution in [0.4, 0.5) is 4.39 Å². The molecule has 0 aliphatic heterocycles. The van der Waals surface area contributed by atoms with Crippen molar-refractivity contribution in [3.63, 3.8) is 0 Å². The molecule has 8 heteroatoms. The van der Waals surface area contributed by atoms with Crippen molar-refractivity contribution < 1.29 is 13.7 Å². The van der Waals surface area contributed by atoms with Crippen LogP contribution in [0.2, 0.25) is 0 Å². The molecular weight excluding hydrogens is 375 g/mol. The Balaban J connectivity index is 1.45. The summed E-state index contributed by atoms with van der Waals surface area (Å²) in [4.78, 5) is 31.0. The zero-order chi connectivity index (χ0) is 20.4. The summed E-state index contributed by atoms with van der Waals surface area (Å²) in [5.41, 5.74) is 2.35. The zero-order valence-electron chi connectivity index (χ0n) is 15.6. The van der Waals surface area contributed by atoms with Crippen molar-refractivity contribution >= 4 is 5.78 Å². The van der Waals surface area contributed by atoms with E-state index in [1.807, 2.05) is 6.92 Å². The number of halogens is 1. The number of nitrogens with one attached hydrogen (secondary N) is 1. The molecule has 29 heavy (non-hydrogen) atoms. The fourth-order valence-corrected chi connectivity index (χ4v) is 3.04. The van der Waals surface area contributed by atoms with E-state index in [0.717, 1.165) is 16.9 Å². The Morgan fingerprint density at radius 2 is 2.00 bits per heavy atom. The minimum Gasteiger partial charge on any atom is -0.339 e. The minimum atomic E-state index is -0.448. The molecular formula is C21H17FN4O3. The number of Topliss-reactive ketones (excluding diaryl/α,β-unsaturated/α-hetero) is 1. The largest absolute Gasteiger partial charge is 0.339 e. The van der Waals surface area contributed by atoms with Gasteiger partial charge in [0, 0.05) is 35.9 Å². The number of carbonyl (C=O) groups excluding carboxylic acids is 1. The number of imidazole rings is 1. The van der Waals surface area contributed by atoms with Crippen LogP contribution in [0.15, 0.2) is 64.0 Å². The first kappa shape index (κ1) is 18.5. The van der Waals surface area contributed by atoms with E-state index in [0.29, 0.717) is 17.3 Å². The maximum Gasteiger partial charge on any atom is 0.330 e. The van der Waals surface area contributed by atoms with Gasteiger partial charge in [-0.2, -0.15) is 4.98 Å². The summed E-state index contributed by atoms with van der Waals surface area (Å²) in [5.74, 6) is 0.0757. The number of hydrogen-bond acceptors (Lipinski definition) is 5. The van der Waals surface area contributed by atoms with Gasteiger partial charge in [-0.1, -0.05) is 17.3 Å². The van der Waals surface area contributed by atoms with E-state index in [4.69, 9.17) is 4.52 Å². The predicted molar refractivity (Wildman–Crippen MR) is 103 cm³/mol. The van der Waals surface area contributed by atoms with Crippen LogP contribution in [0.25, 0.3) is 17.1 Å². The smallest absolute Gasteiger partial charge is 0.330 e. The van der Waals surface area contributed by atoms with Gasteiger partial charge in [-0.15, -0.1) is 0 Å². The molecule has 0 radical (unpaired) electrons. The van der Waals surface area contributed by atoms with Crippen LogP contribution in [0.1, 0.15) is 28.4 Å². The van der Waals surface area contributed by atoms with Crippen molar-refractivity contribution in [3.05, 3.63) is 88.2 Å². The van der Waals surface area contributed by atoms with Crippen molar-refractivity contribution in [2.75, 3.05) is 0 Å². The second-order valence-corrected chi connectivity index (χ2v) is 6.56. The lowest BCUT2D eigenvalue weighted by Gasteiger charge is -2.04. The standard InChI is InChI=1S/C21H17FN4O3/c1-13-12-23-21(28)26(13)17-7-5-14(6-8-17)20-24-19(29-25-20)10-9-18(27)15-3-2-4-16(22)11-15/h2-8,11-12H,9-10H2,1H3,(H,23,28). The van der Waals surface area contributed by atoms with Gasteiger partial charge in [-0.25, -0.2) is 9.18 Å². The first-order valence-corrected chi connectivity index (χ1v) is 9.00. The van der Waals surface area contributed by atoms with Gasteiger partial charge >= 0.3 is 5.69 Å². The van der Waals surface area contributed by atoms with Crippen LogP contribution < -0.4 is 5.69 Å². The molecule has 146 valence electrons. The van der Waals surface area contributed by atoms with Crippen LogP contribution in [-0.2, 0) is 6.42 Å². The van der Waals surface area contributed by atoms with Gasteiger partial charge in [0.25, 0.3) is 0 Å². The third-order valence-electron chi connectivity index (χ3n) is 4.52. The summed E-state index contributed by atoms with van der Waals surface area (Å²) in [6.07, 6.45) is 2.05. The van der Waals surface area contributed by atoms with Crippen molar-refractivity contribution in [1.82, 2.24) is 19.7 Å². The van der Waals surface area contributed by atoms with Crippen molar-refractivity contribution in [3.8, 4) is 17.1 Å². The summed E-state index contributed by atoms with van der Waals surface area (Å²) in [6.45, 7) is 1.84. The van der Waals surface area contributed by atoms with E-state index in [1.54, 1.807) is 41.1 Å². The Bertz CT molecular complexity index is 1220. The number of H-pyrrole nitrogens is 1. The number of aromatic amines is 1. The Morgan fingerprint density at radius 1 is 1.21 bits per heavy atom. The lowest BCUT2D eigenvalue weighted by atomic mass is 10.1. The molecule has 7 nitrogen and oxygen atoms in total. The van der Waals surface area contributed by atoms with Crippen molar-refractivity contribution in [1.29, 1.82) is 0 Å². The first-order chi connectivity index (χ1) is 14.0. The number of hydrogen-bond donors (Lipinski definition) is 1. The maximum absolute atomic E-state index is 13.2. The molecule has 0 saturated heterocycles. The molecule has 0 aliphatic carbocycles. The molecule has 4 aromatic rings. The van der Waals surface area contributed by atoms with Crippen LogP contribution in [-0.4, -0.2) is 25.5 Å². The zero-order valence-corrected chi connectivity index (χ0v) is 15.6. The number of rotatable bonds is 6. The molecule has 2 aromatic carbocycles. The number of carbonyl (C=O) groups is 1. The first-order valence-electron chi connectivity index (χ1n) is 9.00. The molecule has 1 N–H and O–H groups in total. The molecule has 0 amide bonds. The Labute approximate surface area is 164 Å². The summed E-state index contributed by atoms with van der Waals surface area (Å²) in [5, 5.41) is 3.95. The second kappa shape index (κ2) is 7.67. The highest BCUT2D eigenvalue weighted by atomic mass is 19.1. The van der Waals surface area contributed by atoms with Gasteiger partial charge in [0.05, 0.1) is 5.69 Å². The summed E-state index contributed by atoms with van der Waals surface area (Å²) in [7, 11) is 0. The van der Waals surface area contributed by atoms with Crippen molar-refractivity contribution in [2.24, 2.45) is 0 Å². The molecule has 0 spiro atoms. The quantitative estimate of drug-likeness (QED) is 0.507. The van der Waals surface area contributed by atoms with E-state index in [-0.39, 0.29) is 24.3 Å². The van der Waals surface area contributed by atoms with Crippen LogP contribution in [0.3, 0.4) is 0 Å². The Hall–Kier alpha value is -3.81. The molecule has 2 aromatic heterocycles. The van der Waals surface area contributed by atoms with Gasteiger partial charge in [-0.05, 0) is 43.3 Å². The topological polar surface area (TPSA) is 93.8 Å². The highest BCUT2D eigenvalue weighted by Crippen LogP contribution is 2.19. The summed E-state index contributed by atoms with van der Waals surface area (Å²) >= 11 is 0. The number of aryl methyl sites for hydroxylation is 2. The normalized spacial score (nSPS) is 11.0. The highest BCUT2D eigenvalue weighted by molar-refractivity contribution is 5.96. The van der Waals surface area contributed by atoms with Gasteiger partial charge in [-0.3, -0.25) is 9.36 Å². The molecule has 0 unspecified atom stereocenters. The van der Waals surface area contributed by atoms with Gasteiger partial charge in [0.15, 0.2) is 5.78 Å². The van der Waals surface area contributed by atoms with E-state index >= 15 is 0 Å².